The van der Waals surface area contributed by atoms with Crippen molar-refractivity contribution < 1.29 is 14.4 Å². The lowest BCUT2D eigenvalue weighted by Gasteiger charge is -2.20. The highest BCUT2D eigenvalue weighted by molar-refractivity contribution is 6.07. The van der Waals surface area contributed by atoms with E-state index in [0.29, 0.717) is 19.4 Å². The number of carbonyl (C=O) groups excluding carboxylic acids is 3. The van der Waals surface area contributed by atoms with Crippen molar-refractivity contribution in [1.29, 1.82) is 0 Å². The fraction of sp³-hybridized carbons (Fsp3) is 0.269. The van der Waals surface area contributed by atoms with Crippen LogP contribution in [0.3, 0.4) is 0 Å². The number of imide groups is 1. The first kappa shape index (κ1) is 20.2. The zero-order valence-corrected chi connectivity index (χ0v) is 17.7. The van der Waals surface area contributed by atoms with E-state index in [9.17, 15) is 14.4 Å². The van der Waals surface area contributed by atoms with Crippen LogP contribution >= 0.6 is 0 Å². The third-order valence-corrected chi connectivity index (χ3v) is 6.60. The summed E-state index contributed by atoms with van der Waals surface area (Å²) in [6, 6.07) is 18.1. The summed E-state index contributed by atoms with van der Waals surface area (Å²) in [4.78, 5) is 42.6. The molecule has 2 N–H and O–H groups in total. The smallest absolute Gasteiger partial charge is 0.240 e. The van der Waals surface area contributed by atoms with Crippen LogP contribution in [0.2, 0.25) is 0 Å². The Balaban J connectivity index is 1.32. The Bertz CT molecular complexity index is 1170. The molecule has 1 aliphatic heterocycles. The number of rotatable bonds is 6. The molecule has 6 nitrogen and oxygen atoms in total. The number of nitrogens with zero attached hydrogens (tertiary/aromatic N) is 1. The number of nitrogens with one attached hydrogen (secondary N) is 2. The summed E-state index contributed by atoms with van der Waals surface area (Å²) >= 11 is 0. The van der Waals surface area contributed by atoms with Gasteiger partial charge in [0.05, 0.1) is 11.8 Å². The van der Waals surface area contributed by atoms with E-state index in [4.69, 9.17) is 0 Å². The van der Waals surface area contributed by atoms with Gasteiger partial charge in [0.2, 0.25) is 17.7 Å². The number of fused-ring (bicyclic) bond motifs is 2. The Kier molecular flexibility index (Phi) is 5.35. The van der Waals surface area contributed by atoms with Gasteiger partial charge in [0.1, 0.15) is 6.54 Å². The van der Waals surface area contributed by atoms with Crippen LogP contribution in [0.4, 0.5) is 0 Å². The maximum absolute atomic E-state index is 12.8. The Hall–Kier alpha value is -3.67. The van der Waals surface area contributed by atoms with E-state index in [0.717, 1.165) is 26.9 Å². The molecule has 2 aromatic carbocycles. The molecule has 1 aromatic heterocycles. The number of hydrogen-bond donors (Lipinski definition) is 2. The standard InChI is InChI=1S/C26H25N3O3/c30-24(16-29-25(31)19-11-4-5-12-20(19)26(29)32)28-14-21(17-8-2-1-3-9-17)22-15-27-23-13-7-6-10-18(22)23/h1-10,13,15,19-21,27H,11-12,14,16H2,(H,28,30)/t19-,20+,21-/m0/s1. The van der Waals surface area contributed by atoms with Crippen LogP contribution in [0.5, 0.6) is 0 Å². The first-order valence-corrected chi connectivity index (χ1v) is 11.0. The van der Waals surface area contributed by atoms with Crippen LogP contribution < -0.4 is 5.32 Å². The lowest BCUT2D eigenvalue weighted by Crippen LogP contribution is -2.42. The van der Waals surface area contributed by atoms with Gasteiger partial charge in [-0.3, -0.25) is 19.3 Å². The van der Waals surface area contributed by atoms with Gasteiger partial charge in [-0.2, -0.15) is 0 Å². The second-order valence-electron chi connectivity index (χ2n) is 8.48. The molecule has 0 unspecified atom stereocenters. The maximum atomic E-state index is 12.8. The van der Waals surface area contributed by atoms with Crippen molar-refractivity contribution in [3.8, 4) is 0 Å². The van der Waals surface area contributed by atoms with Crippen molar-refractivity contribution in [3.05, 3.63) is 84.1 Å². The van der Waals surface area contributed by atoms with E-state index < -0.39 is 0 Å². The number of allylic oxidation sites excluding steroid dienone is 2. The highest BCUT2D eigenvalue weighted by Gasteiger charge is 2.47. The van der Waals surface area contributed by atoms with Crippen LogP contribution in [0.15, 0.2) is 72.9 Å². The zero-order chi connectivity index (χ0) is 22.1. The number of aromatic nitrogens is 1. The van der Waals surface area contributed by atoms with E-state index in [1.54, 1.807) is 0 Å². The van der Waals surface area contributed by atoms with Crippen LogP contribution in [-0.4, -0.2) is 40.7 Å². The summed E-state index contributed by atoms with van der Waals surface area (Å²) in [6.07, 6.45) is 7.02. The molecule has 0 spiro atoms. The Morgan fingerprint density at radius 3 is 2.34 bits per heavy atom. The van der Waals surface area contributed by atoms with Gasteiger partial charge in [0.15, 0.2) is 0 Å². The van der Waals surface area contributed by atoms with Crippen LogP contribution in [-0.2, 0) is 14.4 Å². The minimum Gasteiger partial charge on any atom is -0.361 e. The fourth-order valence-electron chi connectivity index (χ4n) is 4.92. The monoisotopic (exact) mass is 427 g/mol. The van der Waals surface area contributed by atoms with Crippen molar-refractivity contribution in [1.82, 2.24) is 15.2 Å². The van der Waals surface area contributed by atoms with Gasteiger partial charge in [0.25, 0.3) is 0 Å². The van der Waals surface area contributed by atoms with Crippen molar-refractivity contribution in [3.63, 3.8) is 0 Å². The van der Waals surface area contributed by atoms with Crippen LogP contribution in [0.1, 0.15) is 29.9 Å². The molecule has 1 saturated heterocycles. The number of carbonyl (C=O) groups is 3. The van der Waals surface area contributed by atoms with Crippen molar-refractivity contribution in [2.24, 2.45) is 11.8 Å². The Morgan fingerprint density at radius 1 is 0.969 bits per heavy atom. The van der Waals surface area contributed by atoms with E-state index in [-0.39, 0.29) is 42.0 Å². The molecule has 1 aliphatic carbocycles. The Morgan fingerprint density at radius 2 is 1.62 bits per heavy atom. The highest BCUT2D eigenvalue weighted by Crippen LogP contribution is 2.35. The number of H-pyrrole nitrogens is 1. The predicted octanol–water partition coefficient (Wildman–Crippen LogP) is 3.37. The molecule has 162 valence electrons. The van der Waals surface area contributed by atoms with Crippen molar-refractivity contribution >= 4 is 28.6 Å². The largest absolute Gasteiger partial charge is 0.361 e. The summed E-state index contributed by atoms with van der Waals surface area (Å²) in [7, 11) is 0. The van der Waals surface area contributed by atoms with Gasteiger partial charge in [-0.05, 0) is 30.0 Å². The molecule has 2 heterocycles. The Labute approximate surface area is 186 Å². The third kappa shape index (κ3) is 3.62. The van der Waals surface area contributed by atoms with Crippen molar-refractivity contribution in [2.75, 3.05) is 13.1 Å². The highest BCUT2D eigenvalue weighted by atomic mass is 16.2. The average molecular weight is 428 g/mol. The second-order valence-corrected chi connectivity index (χ2v) is 8.48. The molecular weight excluding hydrogens is 402 g/mol. The van der Waals surface area contributed by atoms with E-state index in [1.165, 1.54) is 0 Å². The third-order valence-electron chi connectivity index (χ3n) is 6.60. The number of likely N-dealkylation sites (tertiary alicyclic amines) is 1. The van der Waals surface area contributed by atoms with E-state index in [2.05, 4.69) is 16.4 Å². The zero-order valence-electron chi connectivity index (χ0n) is 17.7. The predicted molar refractivity (Wildman–Crippen MR) is 122 cm³/mol. The molecule has 32 heavy (non-hydrogen) atoms. The van der Waals surface area contributed by atoms with Gasteiger partial charge in [0, 0.05) is 29.6 Å². The van der Waals surface area contributed by atoms with Crippen LogP contribution in [0, 0.1) is 11.8 Å². The van der Waals surface area contributed by atoms with Crippen molar-refractivity contribution in [2.45, 2.75) is 18.8 Å². The molecule has 1 fully saturated rings. The average Bonchev–Trinajstić information content (AvgIpc) is 3.36. The van der Waals surface area contributed by atoms with Gasteiger partial charge in [-0.25, -0.2) is 0 Å². The molecular formula is C26H25N3O3. The quantitative estimate of drug-likeness (QED) is 0.467. The molecule has 3 atom stereocenters. The lowest BCUT2D eigenvalue weighted by molar-refractivity contribution is -0.143. The summed E-state index contributed by atoms with van der Waals surface area (Å²) in [5.74, 6) is -1.47. The summed E-state index contributed by atoms with van der Waals surface area (Å²) in [6.45, 7) is 0.148. The van der Waals surface area contributed by atoms with Gasteiger partial charge >= 0.3 is 0 Å². The summed E-state index contributed by atoms with van der Waals surface area (Å²) in [5, 5.41) is 4.08. The molecule has 3 amide bonds. The molecule has 6 heteroatoms. The molecule has 3 aromatic rings. The van der Waals surface area contributed by atoms with E-state index >= 15 is 0 Å². The minimum absolute atomic E-state index is 0.0620. The number of benzene rings is 2. The van der Waals surface area contributed by atoms with Gasteiger partial charge in [-0.1, -0.05) is 60.7 Å². The molecule has 0 radical (unpaired) electrons. The summed E-state index contributed by atoms with van der Waals surface area (Å²) < 4.78 is 0. The van der Waals surface area contributed by atoms with Gasteiger partial charge in [-0.15, -0.1) is 0 Å². The van der Waals surface area contributed by atoms with E-state index in [1.807, 2.05) is 66.9 Å². The maximum Gasteiger partial charge on any atom is 0.240 e. The molecule has 2 aliphatic rings. The molecule has 0 bridgehead atoms. The lowest BCUT2D eigenvalue weighted by atomic mass is 9.85. The first-order chi connectivity index (χ1) is 15.6. The number of para-hydroxylation sites is 1. The first-order valence-electron chi connectivity index (χ1n) is 11.0. The number of aromatic amines is 1. The normalized spacial score (nSPS) is 21.1. The fourth-order valence-corrected chi connectivity index (χ4v) is 4.92. The number of hydrogen-bond acceptors (Lipinski definition) is 3. The van der Waals surface area contributed by atoms with Gasteiger partial charge < -0.3 is 10.3 Å². The van der Waals surface area contributed by atoms with Crippen LogP contribution in [0.25, 0.3) is 10.9 Å². The summed E-state index contributed by atoms with van der Waals surface area (Å²) in [5.41, 5.74) is 3.22. The SMILES string of the molecule is O=C(CN1C(=O)[C@H]2CC=CC[C@H]2C1=O)NC[C@@H](c1ccccc1)c1c[nH]c2ccccc12. The minimum atomic E-state index is -0.320. The number of amides is 3. The molecule has 5 rings (SSSR count). The molecule has 0 saturated carbocycles. The second kappa shape index (κ2) is 8.46. The topological polar surface area (TPSA) is 82.3 Å².